The van der Waals surface area contributed by atoms with Gasteiger partial charge < -0.3 is 9.30 Å². The van der Waals surface area contributed by atoms with Crippen molar-refractivity contribution < 1.29 is 4.74 Å². The molecule has 4 aromatic rings. The minimum atomic E-state index is 0.617. The first-order valence-corrected chi connectivity index (χ1v) is 7.63. The van der Waals surface area contributed by atoms with Gasteiger partial charge in [0, 0.05) is 23.5 Å². The molecule has 24 heavy (non-hydrogen) atoms. The molecule has 4 heteroatoms. The van der Waals surface area contributed by atoms with Crippen LogP contribution in [0, 0.1) is 0 Å². The van der Waals surface area contributed by atoms with E-state index in [0.717, 1.165) is 28.2 Å². The monoisotopic (exact) mass is 313 g/mol. The topological polar surface area (TPSA) is 39.9 Å². The largest absolute Gasteiger partial charge is 0.457 e. The maximum atomic E-state index is 5.83. The van der Waals surface area contributed by atoms with Crippen LogP contribution in [-0.2, 0) is 0 Å². The molecule has 0 unspecified atom stereocenters. The highest BCUT2D eigenvalue weighted by molar-refractivity contribution is 5.78. The second-order valence-corrected chi connectivity index (χ2v) is 5.31. The lowest BCUT2D eigenvalue weighted by atomic mass is 10.3. The van der Waals surface area contributed by atoms with Gasteiger partial charge >= 0.3 is 0 Å². The molecule has 0 spiro atoms. The highest BCUT2D eigenvalue weighted by Crippen LogP contribution is 2.24. The summed E-state index contributed by atoms with van der Waals surface area (Å²) >= 11 is 0. The smallest absolute Gasteiger partial charge is 0.153 e. The van der Waals surface area contributed by atoms with Gasteiger partial charge in [-0.1, -0.05) is 24.8 Å². The first kappa shape index (κ1) is 14.2. The summed E-state index contributed by atoms with van der Waals surface area (Å²) in [5.41, 5.74) is 1.87. The fraction of sp³-hybridized carbons (Fsp3) is 0. The van der Waals surface area contributed by atoms with Crippen molar-refractivity contribution in [3.05, 3.63) is 85.5 Å². The fourth-order valence-corrected chi connectivity index (χ4v) is 2.54. The van der Waals surface area contributed by atoms with Crippen LogP contribution >= 0.6 is 0 Å². The molecule has 4 rings (SSSR count). The molecule has 2 aromatic carbocycles. The first-order valence-electron chi connectivity index (χ1n) is 7.63. The normalized spacial score (nSPS) is 10.7. The molecule has 2 aromatic heterocycles. The summed E-state index contributed by atoms with van der Waals surface area (Å²) < 4.78 is 7.85. The predicted molar refractivity (Wildman–Crippen MR) is 95.5 cm³/mol. The Morgan fingerprint density at radius 3 is 2.42 bits per heavy atom. The Morgan fingerprint density at radius 1 is 0.917 bits per heavy atom. The molecule has 0 saturated carbocycles. The summed E-state index contributed by atoms with van der Waals surface area (Å²) in [6.07, 6.45) is 5.44. The minimum absolute atomic E-state index is 0.617. The Balaban J connectivity index is 1.66. The van der Waals surface area contributed by atoms with Crippen molar-refractivity contribution in [2.24, 2.45) is 0 Å². The van der Waals surface area contributed by atoms with Gasteiger partial charge in [-0.3, -0.25) is 0 Å². The lowest BCUT2D eigenvalue weighted by Gasteiger charge is -2.08. The van der Waals surface area contributed by atoms with Crippen LogP contribution in [0.2, 0.25) is 0 Å². The van der Waals surface area contributed by atoms with Gasteiger partial charge in [0.2, 0.25) is 0 Å². The Morgan fingerprint density at radius 2 is 1.67 bits per heavy atom. The lowest BCUT2D eigenvalue weighted by Crippen LogP contribution is -1.96. The van der Waals surface area contributed by atoms with E-state index in [1.54, 1.807) is 6.08 Å². The summed E-state index contributed by atoms with van der Waals surface area (Å²) in [6.45, 7) is 3.73. The van der Waals surface area contributed by atoms with Gasteiger partial charge in [0.1, 0.15) is 17.1 Å². The Bertz CT molecular complexity index is 989. The summed E-state index contributed by atoms with van der Waals surface area (Å²) in [4.78, 5) is 8.75. The molecular weight excluding hydrogens is 298 g/mol. The molecule has 116 valence electrons. The average molecular weight is 313 g/mol. The fourth-order valence-electron chi connectivity index (χ4n) is 2.54. The molecule has 0 aliphatic carbocycles. The Labute approximate surface area is 139 Å². The number of hydrogen-bond acceptors (Lipinski definition) is 3. The third kappa shape index (κ3) is 2.65. The van der Waals surface area contributed by atoms with E-state index in [0.29, 0.717) is 5.82 Å². The van der Waals surface area contributed by atoms with E-state index in [-0.39, 0.29) is 0 Å². The van der Waals surface area contributed by atoms with Crippen LogP contribution < -0.4 is 4.74 Å². The molecule has 0 bridgehead atoms. The maximum absolute atomic E-state index is 5.83. The lowest BCUT2D eigenvalue weighted by molar-refractivity contribution is 0.482. The van der Waals surface area contributed by atoms with E-state index >= 15 is 0 Å². The van der Waals surface area contributed by atoms with E-state index in [4.69, 9.17) is 4.74 Å². The third-order valence-corrected chi connectivity index (χ3v) is 3.72. The number of para-hydroxylation sites is 1. The SMILES string of the molecule is C=Cc1ncc2ccn(-c3ccc(Oc4ccccc4)cc3)c2n1. The summed E-state index contributed by atoms with van der Waals surface area (Å²) in [6, 6.07) is 19.6. The van der Waals surface area contributed by atoms with E-state index in [1.807, 2.05) is 77.6 Å². The highest BCUT2D eigenvalue weighted by Gasteiger charge is 2.06. The maximum Gasteiger partial charge on any atom is 0.153 e. The second-order valence-electron chi connectivity index (χ2n) is 5.31. The van der Waals surface area contributed by atoms with Crippen molar-refractivity contribution >= 4 is 17.1 Å². The van der Waals surface area contributed by atoms with Crippen LogP contribution in [0.25, 0.3) is 22.8 Å². The van der Waals surface area contributed by atoms with E-state index in [9.17, 15) is 0 Å². The summed E-state index contributed by atoms with van der Waals surface area (Å²) in [7, 11) is 0. The van der Waals surface area contributed by atoms with Gasteiger partial charge in [0.15, 0.2) is 5.82 Å². The number of fused-ring (bicyclic) bond motifs is 1. The van der Waals surface area contributed by atoms with Gasteiger partial charge in [-0.05, 0) is 48.5 Å². The predicted octanol–water partition coefficient (Wildman–Crippen LogP) is 4.86. The van der Waals surface area contributed by atoms with E-state index in [1.165, 1.54) is 0 Å². The van der Waals surface area contributed by atoms with Gasteiger partial charge in [-0.15, -0.1) is 0 Å². The number of hydrogen-bond donors (Lipinski definition) is 0. The number of nitrogens with zero attached hydrogens (tertiary/aromatic N) is 3. The van der Waals surface area contributed by atoms with Gasteiger partial charge in [-0.25, -0.2) is 9.97 Å². The molecule has 0 saturated heterocycles. The molecule has 0 aliphatic heterocycles. The second kappa shape index (κ2) is 6.01. The molecule has 0 atom stereocenters. The molecule has 0 N–H and O–H groups in total. The van der Waals surface area contributed by atoms with Gasteiger partial charge in [0.25, 0.3) is 0 Å². The van der Waals surface area contributed by atoms with Crippen LogP contribution in [0.4, 0.5) is 0 Å². The number of ether oxygens (including phenoxy) is 1. The van der Waals surface area contributed by atoms with Crippen LogP contribution in [0.3, 0.4) is 0 Å². The zero-order valence-corrected chi connectivity index (χ0v) is 13.0. The van der Waals surface area contributed by atoms with Crippen molar-refractivity contribution in [2.75, 3.05) is 0 Å². The third-order valence-electron chi connectivity index (χ3n) is 3.72. The minimum Gasteiger partial charge on any atom is -0.457 e. The molecule has 0 radical (unpaired) electrons. The van der Waals surface area contributed by atoms with Crippen molar-refractivity contribution in [1.29, 1.82) is 0 Å². The standard InChI is InChI=1S/C20H15N3O/c1-2-19-21-14-15-12-13-23(20(15)22-19)16-8-10-18(11-9-16)24-17-6-4-3-5-7-17/h2-14H,1H2. The van der Waals surface area contributed by atoms with Crippen LogP contribution in [0.15, 0.2) is 79.6 Å². The zero-order chi connectivity index (χ0) is 16.4. The molecule has 4 nitrogen and oxygen atoms in total. The van der Waals surface area contributed by atoms with Crippen molar-refractivity contribution in [3.63, 3.8) is 0 Å². The van der Waals surface area contributed by atoms with Crippen LogP contribution in [0.5, 0.6) is 11.5 Å². The molecule has 0 fully saturated rings. The number of aromatic nitrogens is 3. The van der Waals surface area contributed by atoms with E-state index < -0.39 is 0 Å². The van der Waals surface area contributed by atoms with Crippen LogP contribution in [0.1, 0.15) is 5.82 Å². The quantitative estimate of drug-likeness (QED) is 0.540. The molecule has 2 heterocycles. The Hall–Kier alpha value is -3.40. The van der Waals surface area contributed by atoms with Crippen LogP contribution in [-0.4, -0.2) is 14.5 Å². The Kier molecular flexibility index (Phi) is 3.56. The summed E-state index contributed by atoms with van der Waals surface area (Å²) in [5, 5.41) is 0.991. The average Bonchev–Trinajstić information content (AvgIpc) is 3.06. The molecule has 0 amide bonds. The van der Waals surface area contributed by atoms with Crippen molar-refractivity contribution in [3.8, 4) is 17.2 Å². The van der Waals surface area contributed by atoms with Crippen molar-refractivity contribution in [2.45, 2.75) is 0 Å². The highest BCUT2D eigenvalue weighted by atomic mass is 16.5. The summed E-state index contributed by atoms with van der Waals surface area (Å²) in [5.74, 6) is 2.23. The number of rotatable bonds is 4. The molecule has 0 aliphatic rings. The van der Waals surface area contributed by atoms with Crippen molar-refractivity contribution in [1.82, 2.24) is 14.5 Å². The van der Waals surface area contributed by atoms with Gasteiger partial charge in [0.05, 0.1) is 0 Å². The number of benzene rings is 2. The van der Waals surface area contributed by atoms with Gasteiger partial charge in [-0.2, -0.15) is 0 Å². The molecular formula is C20H15N3O. The first-order chi connectivity index (χ1) is 11.8. The van der Waals surface area contributed by atoms with E-state index in [2.05, 4.69) is 16.5 Å². The zero-order valence-electron chi connectivity index (χ0n) is 13.0.